The predicted octanol–water partition coefficient (Wildman–Crippen LogP) is 5.04. The second-order valence-corrected chi connectivity index (χ2v) is 9.06. The lowest BCUT2D eigenvalue weighted by molar-refractivity contribution is -0.159. The van der Waals surface area contributed by atoms with E-state index in [1.807, 2.05) is 30.3 Å². The number of carbonyl (C=O) groups is 2. The fraction of sp³-hybridized carbons (Fsp3) is 0.652. The van der Waals surface area contributed by atoms with Crippen LogP contribution in [0.25, 0.3) is 0 Å². The predicted molar refractivity (Wildman–Crippen MR) is 110 cm³/mol. The average Bonchev–Trinajstić information content (AvgIpc) is 2.69. The van der Waals surface area contributed by atoms with Gasteiger partial charge in [0.25, 0.3) is 0 Å². The molecule has 0 N–H and O–H groups in total. The van der Waals surface area contributed by atoms with Crippen molar-refractivity contribution in [3.8, 4) is 0 Å². The van der Waals surface area contributed by atoms with E-state index in [0.717, 1.165) is 31.2 Å². The van der Waals surface area contributed by atoms with Gasteiger partial charge < -0.3 is 14.4 Å². The Kier molecular flexibility index (Phi) is 7.50. The Hall–Kier alpha value is -2.04. The number of nitrogens with zero attached hydrogens (tertiary/aromatic N) is 1. The molecule has 1 aromatic carbocycles. The number of unbranched alkanes of at least 4 members (excludes halogenated alkanes) is 1. The summed E-state index contributed by atoms with van der Waals surface area (Å²) in [4.78, 5) is 27.4. The van der Waals surface area contributed by atoms with Gasteiger partial charge in [0.1, 0.15) is 6.61 Å². The first-order valence-corrected chi connectivity index (χ1v) is 10.3. The molecule has 1 fully saturated rings. The molecule has 1 aliphatic heterocycles. The number of hydrogen-bond acceptors (Lipinski definition) is 4. The smallest absolute Gasteiger partial charge is 0.410 e. The van der Waals surface area contributed by atoms with Crippen LogP contribution in [0.2, 0.25) is 0 Å². The van der Waals surface area contributed by atoms with Gasteiger partial charge in [-0.15, -0.1) is 0 Å². The SMILES string of the molecule is CCCC[C@@]1(C(=O)OC)C[C@@H](C(C)(C)C)CN(C(=O)OCc2ccccc2)C1. The van der Waals surface area contributed by atoms with Crippen LogP contribution in [0.1, 0.15) is 58.9 Å². The molecule has 1 aliphatic rings. The number of piperidine rings is 1. The molecule has 0 aliphatic carbocycles. The average molecular weight is 390 g/mol. The van der Waals surface area contributed by atoms with E-state index < -0.39 is 5.41 Å². The molecule has 156 valence electrons. The van der Waals surface area contributed by atoms with Crippen LogP contribution in [0.5, 0.6) is 0 Å². The molecule has 0 bridgehead atoms. The quantitative estimate of drug-likeness (QED) is 0.640. The molecule has 28 heavy (non-hydrogen) atoms. The standard InChI is InChI=1S/C23H35NO4/c1-6-7-13-23(20(25)27-5)14-19(22(2,3)4)15-24(17-23)21(26)28-16-18-11-9-8-10-12-18/h8-12,19H,6-7,13-17H2,1-5H3/t19-,23-/m1/s1. The summed E-state index contributed by atoms with van der Waals surface area (Å²) in [5.41, 5.74) is 0.266. The Morgan fingerprint density at radius 1 is 1.21 bits per heavy atom. The zero-order chi connectivity index (χ0) is 20.8. The van der Waals surface area contributed by atoms with Crippen molar-refractivity contribution in [3.05, 3.63) is 35.9 Å². The third-order valence-electron chi connectivity index (χ3n) is 5.89. The van der Waals surface area contributed by atoms with Gasteiger partial charge in [0, 0.05) is 13.1 Å². The summed E-state index contributed by atoms with van der Waals surface area (Å²) in [6.07, 6.45) is 3.04. The number of carbonyl (C=O) groups excluding carboxylic acids is 2. The van der Waals surface area contributed by atoms with E-state index >= 15 is 0 Å². The van der Waals surface area contributed by atoms with Gasteiger partial charge in [-0.05, 0) is 29.7 Å². The van der Waals surface area contributed by atoms with E-state index in [9.17, 15) is 9.59 Å². The fourth-order valence-electron chi connectivity index (χ4n) is 3.99. The normalized spacial score (nSPS) is 22.6. The van der Waals surface area contributed by atoms with E-state index in [1.165, 1.54) is 7.11 Å². The number of methoxy groups -OCH3 is 1. The van der Waals surface area contributed by atoms with Gasteiger partial charge in [0.2, 0.25) is 0 Å². The van der Waals surface area contributed by atoms with Crippen LogP contribution in [0.4, 0.5) is 4.79 Å². The van der Waals surface area contributed by atoms with Gasteiger partial charge in [0.15, 0.2) is 0 Å². The van der Waals surface area contributed by atoms with Crippen LogP contribution in [0.15, 0.2) is 30.3 Å². The Morgan fingerprint density at radius 2 is 1.89 bits per heavy atom. The molecule has 2 atom stereocenters. The summed E-state index contributed by atoms with van der Waals surface area (Å²) in [5, 5.41) is 0. The molecular formula is C23H35NO4. The van der Waals surface area contributed by atoms with Crippen molar-refractivity contribution in [1.82, 2.24) is 4.90 Å². The Balaban J connectivity index is 2.21. The highest BCUT2D eigenvalue weighted by Gasteiger charge is 2.49. The molecule has 1 saturated heterocycles. The van der Waals surface area contributed by atoms with Crippen molar-refractivity contribution < 1.29 is 19.1 Å². The molecule has 1 amide bonds. The molecule has 0 saturated carbocycles. The minimum Gasteiger partial charge on any atom is -0.469 e. The topological polar surface area (TPSA) is 55.8 Å². The first-order chi connectivity index (χ1) is 13.2. The number of likely N-dealkylation sites (tertiary alicyclic amines) is 1. The summed E-state index contributed by atoms with van der Waals surface area (Å²) < 4.78 is 10.8. The number of ether oxygens (including phenoxy) is 2. The van der Waals surface area contributed by atoms with Crippen LogP contribution in [-0.2, 0) is 20.9 Å². The lowest BCUT2D eigenvalue weighted by atomic mass is 9.65. The highest BCUT2D eigenvalue weighted by Crippen LogP contribution is 2.45. The van der Waals surface area contributed by atoms with Crippen molar-refractivity contribution in [2.75, 3.05) is 20.2 Å². The first-order valence-electron chi connectivity index (χ1n) is 10.3. The highest BCUT2D eigenvalue weighted by atomic mass is 16.6. The summed E-state index contributed by atoms with van der Waals surface area (Å²) in [5.74, 6) is -0.0164. The zero-order valence-corrected chi connectivity index (χ0v) is 18.0. The minimum absolute atomic E-state index is 0.0239. The number of amides is 1. The van der Waals surface area contributed by atoms with Gasteiger partial charge in [-0.3, -0.25) is 4.79 Å². The third kappa shape index (κ3) is 5.49. The van der Waals surface area contributed by atoms with E-state index in [2.05, 4.69) is 27.7 Å². The zero-order valence-electron chi connectivity index (χ0n) is 18.0. The molecule has 5 nitrogen and oxygen atoms in total. The molecule has 2 rings (SSSR count). The van der Waals surface area contributed by atoms with Crippen LogP contribution >= 0.6 is 0 Å². The van der Waals surface area contributed by atoms with Crippen LogP contribution in [-0.4, -0.2) is 37.2 Å². The second-order valence-electron chi connectivity index (χ2n) is 9.06. The monoisotopic (exact) mass is 389 g/mol. The van der Waals surface area contributed by atoms with E-state index in [4.69, 9.17) is 9.47 Å². The van der Waals surface area contributed by atoms with Crippen LogP contribution in [0, 0.1) is 16.7 Å². The summed E-state index contributed by atoms with van der Waals surface area (Å²) >= 11 is 0. The molecule has 0 spiro atoms. The van der Waals surface area contributed by atoms with Gasteiger partial charge in [0.05, 0.1) is 12.5 Å². The maximum Gasteiger partial charge on any atom is 0.410 e. The molecule has 0 unspecified atom stereocenters. The Morgan fingerprint density at radius 3 is 2.46 bits per heavy atom. The fourth-order valence-corrected chi connectivity index (χ4v) is 3.99. The van der Waals surface area contributed by atoms with Crippen molar-refractivity contribution in [1.29, 1.82) is 0 Å². The molecular weight excluding hydrogens is 354 g/mol. The van der Waals surface area contributed by atoms with E-state index in [0.29, 0.717) is 13.1 Å². The largest absolute Gasteiger partial charge is 0.469 e. The number of esters is 1. The van der Waals surface area contributed by atoms with Crippen molar-refractivity contribution in [3.63, 3.8) is 0 Å². The van der Waals surface area contributed by atoms with Gasteiger partial charge in [-0.1, -0.05) is 70.9 Å². The third-order valence-corrected chi connectivity index (χ3v) is 5.89. The van der Waals surface area contributed by atoms with E-state index in [-0.39, 0.29) is 30.0 Å². The van der Waals surface area contributed by atoms with Crippen molar-refractivity contribution in [2.24, 2.45) is 16.7 Å². The van der Waals surface area contributed by atoms with Gasteiger partial charge in [-0.2, -0.15) is 0 Å². The highest BCUT2D eigenvalue weighted by molar-refractivity contribution is 5.78. The van der Waals surface area contributed by atoms with Crippen molar-refractivity contribution in [2.45, 2.75) is 60.0 Å². The molecule has 5 heteroatoms. The molecule has 0 radical (unpaired) electrons. The Bertz CT molecular complexity index is 652. The van der Waals surface area contributed by atoms with Crippen molar-refractivity contribution >= 4 is 12.1 Å². The van der Waals surface area contributed by atoms with Crippen LogP contribution < -0.4 is 0 Å². The second kappa shape index (κ2) is 9.44. The van der Waals surface area contributed by atoms with Gasteiger partial charge >= 0.3 is 12.1 Å². The molecule has 1 heterocycles. The Labute approximate surface area is 169 Å². The number of hydrogen-bond donors (Lipinski definition) is 0. The first kappa shape index (κ1) is 22.3. The lowest BCUT2D eigenvalue weighted by Gasteiger charge is -2.48. The molecule has 0 aromatic heterocycles. The summed E-state index contributed by atoms with van der Waals surface area (Å²) in [6, 6.07) is 9.64. The van der Waals surface area contributed by atoms with Crippen LogP contribution in [0.3, 0.4) is 0 Å². The maximum atomic E-state index is 12.9. The van der Waals surface area contributed by atoms with E-state index in [1.54, 1.807) is 4.90 Å². The number of benzene rings is 1. The van der Waals surface area contributed by atoms with Gasteiger partial charge in [-0.25, -0.2) is 4.79 Å². The number of rotatable bonds is 6. The minimum atomic E-state index is -0.660. The molecule has 1 aromatic rings. The summed E-state index contributed by atoms with van der Waals surface area (Å²) in [7, 11) is 1.44. The lowest BCUT2D eigenvalue weighted by Crippen LogP contribution is -2.55. The maximum absolute atomic E-state index is 12.9. The summed E-state index contributed by atoms with van der Waals surface area (Å²) in [6.45, 7) is 9.80.